The minimum atomic E-state index is 0.142. The maximum absolute atomic E-state index is 13.0. The van der Waals surface area contributed by atoms with E-state index in [9.17, 15) is 4.79 Å². The van der Waals surface area contributed by atoms with Gasteiger partial charge in [-0.3, -0.25) is 9.69 Å². The average Bonchev–Trinajstić information content (AvgIpc) is 2.92. The Morgan fingerprint density at radius 2 is 1.39 bits per heavy atom. The predicted octanol–water partition coefficient (Wildman–Crippen LogP) is 4.12. The van der Waals surface area contributed by atoms with Crippen molar-refractivity contribution in [1.82, 2.24) is 10.2 Å². The molecule has 0 aromatic rings. The van der Waals surface area contributed by atoms with Crippen LogP contribution in [-0.2, 0) is 4.79 Å². The van der Waals surface area contributed by atoms with Gasteiger partial charge < -0.3 is 5.32 Å². The first-order valence-electron chi connectivity index (χ1n) is 10.3. The smallest absolute Gasteiger partial charge is 0.237 e. The van der Waals surface area contributed by atoms with Gasteiger partial charge in [0.2, 0.25) is 5.91 Å². The highest BCUT2D eigenvalue weighted by Gasteiger charge is 2.41. The molecular formula is C20H36N2O. The van der Waals surface area contributed by atoms with Gasteiger partial charge in [-0.2, -0.15) is 0 Å². The minimum absolute atomic E-state index is 0.142. The van der Waals surface area contributed by atoms with Gasteiger partial charge in [-0.1, -0.05) is 64.2 Å². The summed E-state index contributed by atoms with van der Waals surface area (Å²) in [4.78, 5) is 15.4. The van der Waals surface area contributed by atoms with E-state index in [1.165, 1.54) is 83.5 Å². The number of carbonyl (C=O) groups excluding carboxylic acids is 1. The van der Waals surface area contributed by atoms with E-state index in [4.69, 9.17) is 0 Å². The molecule has 3 heteroatoms. The van der Waals surface area contributed by atoms with Gasteiger partial charge in [0.25, 0.3) is 0 Å². The van der Waals surface area contributed by atoms with Crippen molar-refractivity contribution in [2.75, 3.05) is 13.6 Å². The molecule has 23 heavy (non-hydrogen) atoms. The topological polar surface area (TPSA) is 32.3 Å². The second-order valence-corrected chi connectivity index (χ2v) is 8.33. The van der Waals surface area contributed by atoms with Gasteiger partial charge in [-0.15, -0.1) is 0 Å². The van der Waals surface area contributed by atoms with Crippen LogP contribution < -0.4 is 5.32 Å². The molecule has 0 radical (unpaired) electrons. The van der Waals surface area contributed by atoms with Gasteiger partial charge in [-0.25, -0.2) is 0 Å². The van der Waals surface area contributed by atoms with E-state index in [-0.39, 0.29) is 6.04 Å². The molecule has 3 aliphatic rings. The number of rotatable bonds is 3. The molecular weight excluding hydrogens is 284 g/mol. The lowest BCUT2D eigenvalue weighted by atomic mass is 9.76. The second-order valence-electron chi connectivity index (χ2n) is 8.33. The summed E-state index contributed by atoms with van der Waals surface area (Å²) in [6, 6.07) is 0.576. The molecule has 1 N–H and O–H groups in total. The number of carbonyl (C=O) groups is 1. The van der Waals surface area contributed by atoms with Crippen LogP contribution in [0.1, 0.15) is 83.5 Å². The zero-order chi connectivity index (χ0) is 16.1. The summed E-state index contributed by atoms with van der Waals surface area (Å²) < 4.78 is 0. The SMILES string of the molecule is CN1CCC(C2CCCCC2)C1C(=O)NC1CCCCCCC1. The van der Waals surface area contributed by atoms with Gasteiger partial charge in [0, 0.05) is 6.04 Å². The third kappa shape index (κ3) is 4.49. The molecule has 3 nitrogen and oxygen atoms in total. The second kappa shape index (κ2) is 8.50. The number of nitrogens with zero attached hydrogens (tertiary/aromatic N) is 1. The van der Waals surface area contributed by atoms with Crippen molar-refractivity contribution >= 4 is 5.91 Å². The van der Waals surface area contributed by atoms with Crippen LogP contribution in [-0.4, -0.2) is 36.5 Å². The molecule has 3 rings (SSSR count). The first kappa shape index (κ1) is 17.3. The highest BCUT2D eigenvalue weighted by atomic mass is 16.2. The summed E-state index contributed by atoms with van der Waals surface area (Å²) in [5.74, 6) is 1.74. The first-order chi connectivity index (χ1) is 11.3. The maximum atomic E-state index is 13.0. The minimum Gasteiger partial charge on any atom is -0.352 e. The van der Waals surface area contributed by atoms with Gasteiger partial charge in [0.15, 0.2) is 0 Å². The molecule has 0 bridgehead atoms. The van der Waals surface area contributed by atoms with Crippen LogP contribution in [0.2, 0.25) is 0 Å². The fraction of sp³-hybridized carbons (Fsp3) is 0.950. The summed E-state index contributed by atoms with van der Waals surface area (Å²) in [5.41, 5.74) is 0. The van der Waals surface area contributed by atoms with E-state index in [0.29, 0.717) is 17.9 Å². The Hall–Kier alpha value is -0.570. The summed E-state index contributed by atoms with van der Waals surface area (Å²) in [6.45, 7) is 1.10. The average molecular weight is 321 g/mol. The summed E-state index contributed by atoms with van der Waals surface area (Å²) in [7, 11) is 2.16. The van der Waals surface area contributed by atoms with Crippen molar-refractivity contribution in [3.63, 3.8) is 0 Å². The lowest BCUT2D eigenvalue weighted by molar-refractivity contribution is -0.127. The molecule has 2 aliphatic carbocycles. The quantitative estimate of drug-likeness (QED) is 0.848. The zero-order valence-electron chi connectivity index (χ0n) is 15.1. The van der Waals surface area contributed by atoms with Crippen molar-refractivity contribution in [1.29, 1.82) is 0 Å². The third-order valence-corrected chi connectivity index (χ3v) is 6.67. The number of hydrogen-bond acceptors (Lipinski definition) is 2. The van der Waals surface area contributed by atoms with E-state index in [0.717, 1.165) is 12.5 Å². The van der Waals surface area contributed by atoms with Crippen molar-refractivity contribution in [2.45, 2.75) is 95.6 Å². The summed E-state index contributed by atoms with van der Waals surface area (Å²) in [6.07, 6.45) is 17.1. The largest absolute Gasteiger partial charge is 0.352 e. The van der Waals surface area contributed by atoms with Crippen LogP contribution in [0.5, 0.6) is 0 Å². The monoisotopic (exact) mass is 320 g/mol. The van der Waals surface area contributed by atoms with E-state index in [2.05, 4.69) is 17.3 Å². The van der Waals surface area contributed by atoms with E-state index >= 15 is 0 Å². The summed E-state index contributed by atoms with van der Waals surface area (Å²) >= 11 is 0. The van der Waals surface area contributed by atoms with Gasteiger partial charge in [0.05, 0.1) is 6.04 Å². The molecule has 3 fully saturated rings. The molecule has 1 aliphatic heterocycles. The lowest BCUT2D eigenvalue weighted by Crippen LogP contribution is -2.49. The molecule has 0 spiro atoms. The Morgan fingerprint density at radius 3 is 2.09 bits per heavy atom. The van der Waals surface area contributed by atoms with Gasteiger partial charge in [0.1, 0.15) is 0 Å². The lowest BCUT2D eigenvalue weighted by Gasteiger charge is -2.33. The van der Waals surface area contributed by atoms with Crippen molar-refractivity contribution in [3.05, 3.63) is 0 Å². The fourth-order valence-corrected chi connectivity index (χ4v) is 5.31. The van der Waals surface area contributed by atoms with Crippen LogP contribution in [0.3, 0.4) is 0 Å². The summed E-state index contributed by atoms with van der Waals surface area (Å²) in [5, 5.41) is 3.45. The van der Waals surface area contributed by atoms with Crippen LogP contribution in [0.15, 0.2) is 0 Å². The molecule has 2 atom stereocenters. The van der Waals surface area contributed by atoms with Crippen LogP contribution in [0.4, 0.5) is 0 Å². The molecule has 2 unspecified atom stereocenters. The van der Waals surface area contributed by atoms with Crippen molar-refractivity contribution in [3.8, 4) is 0 Å². The molecule has 0 aromatic heterocycles. The van der Waals surface area contributed by atoms with Crippen LogP contribution in [0, 0.1) is 11.8 Å². The molecule has 1 heterocycles. The number of nitrogens with one attached hydrogen (secondary N) is 1. The van der Waals surface area contributed by atoms with Crippen LogP contribution >= 0.6 is 0 Å². The third-order valence-electron chi connectivity index (χ3n) is 6.67. The molecule has 1 saturated heterocycles. The Labute approximate surface area is 142 Å². The predicted molar refractivity (Wildman–Crippen MR) is 95.3 cm³/mol. The molecule has 2 saturated carbocycles. The van der Waals surface area contributed by atoms with Crippen molar-refractivity contribution < 1.29 is 4.79 Å². The van der Waals surface area contributed by atoms with Crippen molar-refractivity contribution in [2.24, 2.45) is 11.8 Å². The van der Waals surface area contributed by atoms with Gasteiger partial charge in [-0.05, 0) is 44.7 Å². The molecule has 0 aromatic carbocycles. The molecule has 132 valence electrons. The zero-order valence-corrected chi connectivity index (χ0v) is 15.1. The van der Waals surface area contributed by atoms with Crippen LogP contribution in [0.25, 0.3) is 0 Å². The Balaban J connectivity index is 1.58. The fourth-order valence-electron chi connectivity index (χ4n) is 5.31. The highest BCUT2D eigenvalue weighted by Crippen LogP contribution is 2.38. The van der Waals surface area contributed by atoms with E-state index in [1.54, 1.807) is 0 Å². The Morgan fingerprint density at radius 1 is 0.826 bits per heavy atom. The maximum Gasteiger partial charge on any atom is 0.237 e. The normalized spacial score (nSPS) is 32.4. The van der Waals surface area contributed by atoms with E-state index < -0.39 is 0 Å². The Bertz CT molecular complexity index is 370. The number of likely N-dealkylation sites (N-methyl/N-ethyl adjacent to an activating group) is 1. The van der Waals surface area contributed by atoms with Gasteiger partial charge >= 0.3 is 0 Å². The molecule has 1 amide bonds. The first-order valence-corrected chi connectivity index (χ1v) is 10.3. The highest BCUT2D eigenvalue weighted by molar-refractivity contribution is 5.82. The number of hydrogen-bond donors (Lipinski definition) is 1. The Kier molecular flexibility index (Phi) is 6.38. The number of likely N-dealkylation sites (tertiary alicyclic amines) is 1. The number of amides is 1. The van der Waals surface area contributed by atoms with E-state index in [1.807, 2.05) is 0 Å². The standard InChI is InChI=1S/C20H36N2O/c1-22-15-14-18(16-10-6-5-7-11-16)19(22)20(23)21-17-12-8-3-2-4-9-13-17/h16-19H,2-15H2,1H3,(H,21,23).